The largest absolute Gasteiger partial charge is 0.392 e. The van der Waals surface area contributed by atoms with Crippen LogP contribution in [-0.4, -0.2) is 18.3 Å². The van der Waals surface area contributed by atoms with Crippen molar-refractivity contribution in [3.8, 4) is 0 Å². The maximum absolute atomic E-state index is 4.50. The van der Waals surface area contributed by atoms with E-state index in [9.17, 15) is 0 Å². The lowest BCUT2D eigenvalue weighted by Gasteiger charge is -2.12. The SMILES string of the molecule is CN/C(C)=C\C(C)=N\C(C)(C)C. The van der Waals surface area contributed by atoms with Crippen LogP contribution in [0.3, 0.4) is 0 Å². The van der Waals surface area contributed by atoms with Crippen molar-refractivity contribution in [1.29, 1.82) is 0 Å². The van der Waals surface area contributed by atoms with Gasteiger partial charge in [0.2, 0.25) is 0 Å². The summed E-state index contributed by atoms with van der Waals surface area (Å²) in [5, 5.41) is 3.06. The smallest absolute Gasteiger partial charge is 0.0527 e. The third-order valence-electron chi connectivity index (χ3n) is 1.33. The summed E-state index contributed by atoms with van der Waals surface area (Å²) in [7, 11) is 1.91. The molecule has 0 rings (SSSR count). The summed E-state index contributed by atoms with van der Waals surface area (Å²) in [5.74, 6) is 0. The summed E-state index contributed by atoms with van der Waals surface area (Å²) in [6, 6.07) is 0. The number of nitrogens with zero attached hydrogens (tertiary/aromatic N) is 1. The molecule has 0 atom stereocenters. The Bertz CT molecular complexity index is 194. The quantitative estimate of drug-likeness (QED) is 0.629. The first-order valence-corrected chi connectivity index (χ1v) is 4.27. The van der Waals surface area contributed by atoms with Gasteiger partial charge in [0.1, 0.15) is 0 Å². The lowest BCUT2D eigenvalue weighted by atomic mass is 10.1. The number of hydrogen-bond acceptors (Lipinski definition) is 2. The maximum atomic E-state index is 4.50. The van der Waals surface area contributed by atoms with E-state index in [1.807, 2.05) is 27.0 Å². The van der Waals surface area contributed by atoms with Crippen LogP contribution in [0.1, 0.15) is 34.6 Å². The number of aliphatic imine (C=N–C) groups is 1. The predicted octanol–water partition coefficient (Wildman–Crippen LogP) is 2.37. The molecule has 0 amide bonds. The molecule has 2 nitrogen and oxygen atoms in total. The number of hydrogen-bond donors (Lipinski definition) is 1. The summed E-state index contributed by atoms with van der Waals surface area (Å²) in [5.41, 5.74) is 2.23. The molecule has 0 radical (unpaired) electrons. The van der Waals surface area contributed by atoms with Gasteiger partial charge in [-0.2, -0.15) is 0 Å². The minimum Gasteiger partial charge on any atom is -0.392 e. The lowest BCUT2D eigenvalue weighted by Crippen LogP contribution is -2.12. The fourth-order valence-corrected chi connectivity index (χ4v) is 0.947. The van der Waals surface area contributed by atoms with Gasteiger partial charge in [0.05, 0.1) is 5.54 Å². The minimum absolute atomic E-state index is 0.0224. The Morgan fingerprint density at radius 2 is 1.75 bits per heavy atom. The van der Waals surface area contributed by atoms with Gasteiger partial charge in [0.25, 0.3) is 0 Å². The summed E-state index contributed by atoms with van der Waals surface area (Å²) >= 11 is 0. The molecule has 0 unspecified atom stereocenters. The van der Waals surface area contributed by atoms with Gasteiger partial charge in [0, 0.05) is 18.5 Å². The third kappa shape index (κ3) is 5.96. The second kappa shape index (κ2) is 4.29. The van der Waals surface area contributed by atoms with Gasteiger partial charge in [-0.25, -0.2) is 0 Å². The van der Waals surface area contributed by atoms with Gasteiger partial charge in [-0.3, -0.25) is 4.99 Å². The monoisotopic (exact) mass is 168 g/mol. The van der Waals surface area contributed by atoms with Gasteiger partial charge in [-0.15, -0.1) is 0 Å². The zero-order valence-corrected chi connectivity index (χ0v) is 9.02. The number of allylic oxidation sites excluding steroid dienone is 2. The molecule has 12 heavy (non-hydrogen) atoms. The molecule has 0 saturated heterocycles. The van der Waals surface area contributed by atoms with Gasteiger partial charge < -0.3 is 5.32 Å². The summed E-state index contributed by atoms with van der Waals surface area (Å²) in [4.78, 5) is 4.50. The van der Waals surface area contributed by atoms with E-state index < -0.39 is 0 Å². The zero-order valence-electron chi connectivity index (χ0n) is 9.02. The molecule has 70 valence electrons. The fraction of sp³-hybridized carbons (Fsp3) is 0.700. The van der Waals surface area contributed by atoms with E-state index in [4.69, 9.17) is 0 Å². The Balaban J connectivity index is 4.40. The molecule has 0 fully saturated rings. The molecular weight excluding hydrogens is 148 g/mol. The average Bonchev–Trinajstić information content (AvgIpc) is 1.82. The second-order valence-corrected chi connectivity index (χ2v) is 4.00. The highest BCUT2D eigenvalue weighted by Crippen LogP contribution is 2.07. The van der Waals surface area contributed by atoms with E-state index in [2.05, 4.69) is 31.1 Å². The molecule has 1 N–H and O–H groups in total. The molecule has 0 aliphatic rings. The summed E-state index contributed by atoms with van der Waals surface area (Å²) in [6.45, 7) is 10.3. The van der Waals surface area contributed by atoms with E-state index >= 15 is 0 Å². The molecule has 0 aromatic rings. The van der Waals surface area contributed by atoms with Crippen molar-refractivity contribution in [1.82, 2.24) is 5.32 Å². The van der Waals surface area contributed by atoms with Crippen LogP contribution in [0.2, 0.25) is 0 Å². The topological polar surface area (TPSA) is 24.4 Å². The van der Waals surface area contributed by atoms with Gasteiger partial charge in [-0.05, 0) is 40.7 Å². The summed E-state index contributed by atoms with van der Waals surface area (Å²) in [6.07, 6.45) is 2.05. The first kappa shape index (κ1) is 11.2. The molecule has 0 aromatic carbocycles. The van der Waals surface area contributed by atoms with Crippen molar-refractivity contribution in [2.75, 3.05) is 7.05 Å². The van der Waals surface area contributed by atoms with Crippen molar-refractivity contribution < 1.29 is 0 Å². The van der Waals surface area contributed by atoms with E-state index in [0.29, 0.717) is 0 Å². The lowest BCUT2D eigenvalue weighted by molar-refractivity contribution is 0.584. The Kier molecular flexibility index (Phi) is 4.01. The van der Waals surface area contributed by atoms with E-state index in [-0.39, 0.29) is 5.54 Å². The van der Waals surface area contributed by atoms with E-state index in [1.165, 1.54) is 0 Å². The van der Waals surface area contributed by atoms with Gasteiger partial charge in [0.15, 0.2) is 0 Å². The van der Waals surface area contributed by atoms with Crippen LogP contribution in [0.25, 0.3) is 0 Å². The Morgan fingerprint density at radius 3 is 2.08 bits per heavy atom. The zero-order chi connectivity index (χ0) is 9.78. The molecule has 2 heteroatoms. The normalized spacial score (nSPS) is 14.8. The van der Waals surface area contributed by atoms with Crippen LogP contribution in [0.5, 0.6) is 0 Å². The van der Waals surface area contributed by atoms with Crippen molar-refractivity contribution in [2.45, 2.75) is 40.2 Å². The standard InChI is InChI=1S/C10H20N2/c1-8(11-6)7-9(2)12-10(3,4)5/h7,11H,1-6H3/b8-7-,12-9+. The van der Waals surface area contributed by atoms with Gasteiger partial charge in [-0.1, -0.05) is 0 Å². The predicted molar refractivity (Wildman–Crippen MR) is 55.7 cm³/mol. The molecule has 0 aromatic heterocycles. The number of rotatable bonds is 2. The van der Waals surface area contributed by atoms with Crippen LogP contribution < -0.4 is 5.32 Å². The highest BCUT2D eigenvalue weighted by molar-refractivity contribution is 5.93. The average molecular weight is 168 g/mol. The first-order chi connectivity index (χ1) is 5.35. The van der Waals surface area contributed by atoms with Gasteiger partial charge >= 0.3 is 0 Å². The van der Waals surface area contributed by atoms with Crippen molar-refractivity contribution in [2.24, 2.45) is 4.99 Å². The van der Waals surface area contributed by atoms with Crippen molar-refractivity contribution >= 4 is 5.71 Å². The van der Waals surface area contributed by atoms with Crippen LogP contribution in [0.4, 0.5) is 0 Å². The minimum atomic E-state index is 0.0224. The Hall–Kier alpha value is -0.790. The second-order valence-electron chi connectivity index (χ2n) is 4.00. The Morgan fingerprint density at radius 1 is 1.25 bits per heavy atom. The van der Waals surface area contributed by atoms with Crippen molar-refractivity contribution in [3.63, 3.8) is 0 Å². The molecule has 0 bridgehead atoms. The molecule has 0 spiro atoms. The van der Waals surface area contributed by atoms with Crippen LogP contribution in [0.15, 0.2) is 16.8 Å². The van der Waals surface area contributed by atoms with Crippen LogP contribution in [-0.2, 0) is 0 Å². The van der Waals surface area contributed by atoms with Crippen LogP contribution in [0, 0.1) is 0 Å². The van der Waals surface area contributed by atoms with Crippen molar-refractivity contribution in [3.05, 3.63) is 11.8 Å². The number of nitrogens with one attached hydrogen (secondary N) is 1. The maximum Gasteiger partial charge on any atom is 0.0527 e. The third-order valence-corrected chi connectivity index (χ3v) is 1.33. The van der Waals surface area contributed by atoms with E-state index in [0.717, 1.165) is 11.4 Å². The van der Waals surface area contributed by atoms with E-state index in [1.54, 1.807) is 0 Å². The summed E-state index contributed by atoms with van der Waals surface area (Å²) < 4.78 is 0. The molecule has 0 aliphatic carbocycles. The van der Waals surface area contributed by atoms with Crippen LogP contribution >= 0.6 is 0 Å². The molecule has 0 saturated carbocycles. The first-order valence-electron chi connectivity index (χ1n) is 4.27. The molecule has 0 aliphatic heterocycles. The molecule has 0 heterocycles. The fourth-order valence-electron chi connectivity index (χ4n) is 0.947. The Labute approximate surface area is 75.8 Å². The highest BCUT2D eigenvalue weighted by atomic mass is 14.8. The highest BCUT2D eigenvalue weighted by Gasteiger charge is 2.05. The molecular formula is C10H20N2.